The molecule has 0 saturated carbocycles. The van der Waals surface area contributed by atoms with Gasteiger partial charge < -0.3 is 0 Å². The fraction of sp³-hybridized carbons (Fsp3) is 0.625. The Bertz CT molecular complexity index is 298. The minimum Gasteiger partial charge on any atom is -0.207 e. The van der Waals surface area contributed by atoms with Gasteiger partial charge in [-0.15, -0.1) is 0 Å². The molecule has 96 valence electrons. The monoisotopic (exact) mass is 236 g/mol. The Hall–Kier alpha value is -0.850. The highest BCUT2D eigenvalue weighted by Crippen LogP contribution is 2.21. The lowest BCUT2D eigenvalue weighted by molar-refractivity contribution is 0.416. The molecule has 0 aliphatic rings. The van der Waals surface area contributed by atoms with Gasteiger partial charge in [0.1, 0.15) is 5.82 Å². The summed E-state index contributed by atoms with van der Waals surface area (Å²) in [6, 6.07) is 7.08. The molecule has 1 aromatic carbocycles. The van der Waals surface area contributed by atoms with Gasteiger partial charge in [0, 0.05) is 0 Å². The van der Waals surface area contributed by atoms with Crippen molar-refractivity contribution < 1.29 is 4.39 Å². The van der Waals surface area contributed by atoms with Crippen LogP contribution in [-0.4, -0.2) is 0 Å². The van der Waals surface area contributed by atoms with E-state index < -0.39 is 0 Å². The van der Waals surface area contributed by atoms with E-state index in [1.807, 2.05) is 12.1 Å². The Morgan fingerprint density at radius 1 is 1.06 bits per heavy atom. The molecule has 0 amide bonds. The summed E-state index contributed by atoms with van der Waals surface area (Å²) in [6.07, 6.45) is 8.71. The van der Waals surface area contributed by atoms with Gasteiger partial charge in [-0.05, 0) is 30.0 Å². The van der Waals surface area contributed by atoms with Gasteiger partial charge in [0.2, 0.25) is 0 Å². The summed E-state index contributed by atoms with van der Waals surface area (Å²) in [5.41, 5.74) is 1.15. The summed E-state index contributed by atoms with van der Waals surface area (Å²) in [5, 5.41) is 0. The van der Waals surface area contributed by atoms with Crippen LogP contribution in [0.25, 0.3) is 0 Å². The molecule has 1 heteroatoms. The second-order valence-corrected chi connectivity index (χ2v) is 4.98. The molecule has 0 aliphatic carbocycles. The molecule has 17 heavy (non-hydrogen) atoms. The molecule has 0 radical (unpaired) electrons. The van der Waals surface area contributed by atoms with E-state index in [9.17, 15) is 4.39 Å². The van der Waals surface area contributed by atoms with Crippen molar-refractivity contribution in [1.29, 1.82) is 0 Å². The van der Waals surface area contributed by atoms with E-state index in [2.05, 4.69) is 13.8 Å². The summed E-state index contributed by atoms with van der Waals surface area (Å²) in [7, 11) is 0. The van der Waals surface area contributed by atoms with E-state index in [1.54, 1.807) is 6.07 Å². The lowest BCUT2D eigenvalue weighted by Gasteiger charge is -2.16. The van der Waals surface area contributed by atoms with Crippen LogP contribution in [0.1, 0.15) is 57.9 Å². The zero-order valence-electron chi connectivity index (χ0n) is 11.2. The molecule has 0 unspecified atom stereocenters. The van der Waals surface area contributed by atoms with Crippen molar-refractivity contribution in [1.82, 2.24) is 0 Å². The van der Waals surface area contributed by atoms with E-state index in [0.29, 0.717) is 0 Å². The standard InChI is InChI=1S/C16H25F/c1-3-5-8-14(9-6-4-2)12-15-10-7-11-16(17)13-15/h7,10-11,13-14H,3-6,8-9,12H2,1-2H3. The fourth-order valence-electron chi connectivity index (χ4n) is 2.33. The molecule has 0 heterocycles. The first-order chi connectivity index (χ1) is 8.26. The first-order valence-corrected chi connectivity index (χ1v) is 7.00. The van der Waals surface area contributed by atoms with E-state index in [4.69, 9.17) is 0 Å². The molecule has 0 N–H and O–H groups in total. The largest absolute Gasteiger partial charge is 0.207 e. The molecule has 0 aliphatic heterocycles. The van der Waals surface area contributed by atoms with E-state index in [0.717, 1.165) is 17.9 Å². The van der Waals surface area contributed by atoms with Crippen LogP contribution >= 0.6 is 0 Å². The topological polar surface area (TPSA) is 0 Å². The molecular weight excluding hydrogens is 211 g/mol. The first kappa shape index (κ1) is 14.2. The quantitative estimate of drug-likeness (QED) is 0.569. The van der Waals surface area contributed by atoms with Crippen molar-refractivity contribution >= 4 is 0 Å². The van der Waals surface area contributed by atoms with Crippen molar-refractivity contribution in [3.05, 3.63) is 35.6 Å². The highest BCUT2D eigenvalue weighted by Gasteiger charge is 2.09. The highest BCUT2D eigenvalue weighted by molar-refractivity contribution is 5.16. The minimum absolute atomic E-state index is 0.104. The molecule has 0 fully saturated rings. The highest BCUT2D eigenvalue weighted by atomic mass is 19.1. The van der Waals surface area contributed by atoms with Crippen molar-refractivity contribution in [2.24, 2.45) is 5.92 Å². The molecule has 0 spiro atoms. The molecule has 1 rings (SSSR count). The molecule has 0 aromatic heterocycles. The smallest absolute Gasteiger partial charge is 0.123 e. The molecule has 0 nitrogen and oxygen atoms in total. The lowest BCUT2D eigenvalue weighted by atomic mass is 9.90. The maximum absolute atomic E-state index is 13.1. The Balaban J connectivity index is 2.51. The van der Waals surface area contributed by atoms with Crippen LogP contribution < -0.4 is 0 Å². The van der Waals surface area contributed by atoms with Gasteiger partial charge in [0.05, 0.1) is 0 Å². The van der Waals surface area contributed by atoms with Gasteiger partial charge in [-0.25, -0.2) is 4.39 Å². The van der Waals surface area contributed by atoms with Crippen LogP contribution in [-0.2, 0) is 6.42 Å². The van der Waals surface area contributed by atoms with Crippen molar-refractivity contribution in [2.45, 2.75) is 58.8 Å². The number of rotatable bonds is 8. The average molecular weight is 236 g/mol. The Kier molecular flexibility index (Phi) is 6.91. The van der Waals surface area contributed by atoms with E-state index in [1.165, 1.54) is 44.6 Å². The maximum Gasteiger partial charge on any atom is 0.123 e. The van der Waals surface area contributed by atoms with Crippen molar-refractivity contribution in [2.75, 3.05) is 0 Å². The zero-order chi connectivity index (χ0) is 12.5. The van der Waals surface area contributed by atoms with Crippen LogP contribution in [0.15, 0.2) is 24.3 Å². The molecule has 0 saturated heterocycles. The second-order valence-electron chi connectivity index (χ2n) is 4.98. The predicted octanol–water partition coefficient (Wildman–Crippen LogP) is 5.36. The van der Waals surface area contributed by atoms with Crippen LogP contribution in [0.3, 0.4) is 0 Å². The third kappa shape index (κ3) is 5.86. The molecular formula is C16H25F. The van der Waals surface area contributed by atoms with Gasteiger partial charge in [-0.2, -0.15) is 0 Å². The number of benzene rings is 1. The number of halogens is 1. The number of hydrogen-bond donors (Lipinski definition) is 0. The van der Waals surface area contributed by atoms with Gasteiger partial charge in [0.25, 0.3) is 0 Å². The summed E-state index contributed by atoms with van der Waals surface area (Å²) in [6.45, 7) is 4.47. The van der Waals surface area contributed by atoms with Crippen LogP contribution in [0.2, 0.25) is 0 Å². The van der Waals surface area contributed by atoms with E-state index >= 15 is 0 Å². The Labute approximate surface area is 105 Å². The third-order valence-electron chi connectivity index (χ3n) is 3.35. The van der Waals surface area contributed by atoms with Gasteiger partial charge in [-0.1, -0.05) is 64.5 Å². The van der Waals surface area contributed by atoms with Gasteiger partial charge in [0.15, 0.2) is 0 Å². The molecule has 0 atom stereocenters. The van der Waals surface area contributed by atoms with Crippen molar-refractivity contribution in [3.63, 3.8) is 0 Å². The summed E-state index contributed by atoms with van der Waals surface area (Å²) in [5.74, 6) is 0.629. The first-order valence-electron chi connectivity index (χ1n) is 7.00. The molecule has 1 aromatic rings. The van der Waals surface area contributed by atoms with Crippen LogP contribution in [0.4, 0.5) is 4.39 Å². The van der Waals surface area contributed by atoms with Crippen LogP contribution in [0.5, 0.6) is 0 Å². The minimum atomic E-state index is -0.104. The number of hydrogen-bond acceptors (Lipinski definition) is 0. The summed E-state index contributed by atoms with van der Waals surface area (Å²) < 4.78 is 13.1. The summed E-state index contributed by atoms with van der Waals surface area (Å²) >= 11 is 0. The second kappa shape index (κ2) is 8.27. The van der Waals surface area contributed by atoms with Crippen LogP contribution in [0, 0.1) is 11.7 Å². The fourth-order valence-corrected chi connectivity index (χ4v) is 2.33. The summed E-state index contributed by atoms with van der Waals surface area (Å²) in [4.78, 5) is 0. The normalized spacial score (nSPS) is 11.1. The third-order valence-corrected chi connectivity index (χ3v) is 3.35. The predicted molar refractivity (Wildman–Crippen MR) is 72.6 cm³/mol. The maximum atomic E-state index is 13.1. The van der Waals surface area contributed by atoms with Gasteiger partial charge in [-0.3, -0.25) is 0 Å². The molecule has 0 bridgehead atoms. The number of unbranched alkanes of at least 4 members (excludes halogenated alkanes) is 2. The van der Waals surface area contributed by atoms with Gasteiger partial charge >= 0.3 is 0 Å². The van der Waals surface area contributed by atoms with E-state index in [-0.39, 0.29) is 5.82 Å². The average Bonchev–Trinajstić information content (AvgIpc) is 2.32. The Morgan fingerprint density at radius 2 is 1.71 bits per heavy atom. The lowest BCUT2D eigenvalue weighted by Crippen LogP contribution is -2.05. The zero-order valence-corrected chi connectivity index (χ0v) is 11.2. The van der Waals surface area contributed by atoms with Crippen molar-refractivity contribution in [3.8, 4) is 0 Å². The SMILES string of the molecule is CCCCC(CCCC)Cc1cccc(F)c1. The Morgan fingerprint density at radius 3 is 2.24 bits per heavy atom.